The standard InChI is InChI=1S/C23H22O3/c1-23(2,3)26-22(25)21-19(17-12-8-5-9-13-17)14-18(15-20(21)24)16-10-6-4-7-11-16/h4-15,24H,1-3H3. The summed E-state index contributed by atoms with van der Waals surface area (Å²) < 4.78 is 5.51. The highest BCUT2D eigenvalue weighted by Crippen LogP contribution is 2.36. The number of hydrogen-bond donors (Lipinski definition) is 1. The maximum Gasteiger partial charge on any atom is 0.343 e. The highest BCUT2D eigenvalue weighted by atomic mass is 16.6. The zero-order chi connectivity index (χ0) is 18.7. The van der Waals surface area contributed by atoms with Crippen LogP contribution in [0.2, 0.25) is 0 Å². The largest absolute Gasteiger partial charge is 0.507 e. The van der Waals surface area contributed by atoms with E-state index in [-0.39, 0.29) is 11.3 Å². The molecule has 26 heavy (non-hydrogen) atoms. The Morgan fingerprint density at radius 2 is 1.35 bits per heavy atom. The van der Waals surface area contributed by atoms with Crippen molar-refractivity contribution in [3.8, 4) is 28.0 Å². The van der Waals surface area contributed by atoms with Crippen LogP contribution in [0.5, 0.6) is 5.75 Å². The molecule has 0 radical (unpaired) electrons. The Labute approximate surface area is 153 Å². The third-order valence-electron chi connectivity index (χ3n) is 3.91. The number of esters is 1. The SMILES string of the molecule is CC(C)(C)OC(=O)c1c(O)cc(-c2ccccc2)cc1-c1ccccc1. The molecule has 0 aliphatic heterocycles. The summed E-state index contributed by atoms with van der Waals surface area (Å²) in [6.07, 6.45) is 0. The lowest BCUT2D eigenvalue weighted by atomic mass is 9.93. The number of carbonyl (C=O) groups excluding carboxylic acids is 1. The molecular formula is C23H22O3. The number of phenols is 1. The van der Waals surface area contributed by atoms with Crippen molar-refractivity contribution in [3.05, 3.63) is 78.4 Å². The van der Waals surface area contributed by atoms with E-state index in [9.17, 15) is 9.90 Å². The van der Waals surface area contributed by atoms with Crippen LogP contribution < -0.4 is 0 Å². The Balaban J connectivity index is 2.19. The third-order valence-corrected chi connectivity index (χ3v) is 3.91. The number of carbonyl (C=O) groups is 1. The van der Waals surface area contributed by atoms with Crippen molar-refractivity contribution in [3.63, 3.8) is 0 Å². The van der Waals surface area contributed by atoms with E-state index in [0.717, 1.165) is 16.7 Å². The van der Waals surface area contributed by atoms with Crippen LogP contribution >= 0.6 is 0 Å². The third kappa shape index (κ3) is 3.94. The number of rotatable bonds is 3. The number of hydrogen-bond acceptors (Lipinski definition) is 3. The molecule has 1 N–H and O–H groups in total. The van der Waals surface area contributed by atoms with Gasteiger partial charge in [-0.1, -0.05) is 60.7 Å². The fourth-order valence-electron chi connectivity index (χ4n) is 2.81. The molecule has 3 aromatic carbocycles. The Hall–Kier alpha value is -3.07. The van der Waals surface area contributed by atoms with Gasteiger partial charge < -0.3 is 9.84 Å². The van der Waals surface area contributed by atoms with Gasteiger partial charge in [-0.3, -0.25) is 0 Å². The number of aromatic hydroxyl groups is 1. The van der Waals surface area contributed by atoms with Crippen LogP contribution in [0.4, 0.5) is 0 Å². The molecule has 0 amide bonds. The van der Waals surface area contributed by atoms with Crippen molar-refractivity contribution in [2.24, 2.45) is 0 Å². The second-order valence-electron chi connectivity index (χ2n) is 7.15. The molecule has 3 rings (SSSR count). The summed E-state index contributed by atoms with van der Waals surface area (Å²) in [5, 5.41) is 10.7. The van der Waals surface area contributed by atoms with Crippen LogP contribution in [0, 0.1) is 0 Å². The minimum absolute atomic E-state index is 0.0838. The van der Waals surface area contributed by atoms with Crippen LogP contribution in [-0.2, 0) is 4.74 Å². The molecule has 0 aliphatic carbocycles. The fourth-order valence-corrected chi connectivity index (χ4v) is 2.81. The first-order chi connectivity index (χ1) is 12.3. The van der Waals surface area contributed by atoms with E-state index in [1.54, 1.807) is 6.07 Å². The van der Waals surface area contributed by atoms with E-state index in [4.69, 9.17) is 4.74 Å². The van der Waals surface area contributed by atoms with E-state index in [1.807, 2.05) is 87.5 Å². The van der Waals surface area contributed by atoms with Crippen molar-refractivity contribution in [2.45, 2.75) is 26.4 Å². The quantitative estimate of drug-likeness (QED) is 0.620. The highest BCUT2D eigenvalue weighted by Gasteiger charge is 2.25. The Kier molecular flexibility index (Phi) is 4.81. The molecule has 0 aromatic heterocycles. The van der Waals surface area contributed by atoms with Gasteiger partial charge in [-0.15, -0.1) is 0 Å². The van der Waals surface area contributed by atoms with Gasteiger partial charge in [0, 0.05) is 5.56 Å². The summed E-state index contributed by atoms with van der Waals surface area (Å²) in [5.74, 6) is -0.618. The zero-order valence-electron chi connectivity index (χ0n) is 15.2. The van der Waals surface area contributed by atoms with E-state index >= 15 is 0 Å². The summed E-state index contributed by atoms with van der Waals surface area (Å²) >= 11 is 0. The minimum Gasteiger partial charge on any atom is -0.507 e. The average Bonchev–Trinajstić information content (AvgIpc) is 2.61. The Morgan fingerprint density at radius 3 is 1.88 bits per heavy atom. The van der Waals surface area contributed by atoms with Gasteiger partial charge in [0.2, 0.25) is 0 Å². The molecule has 0 atom stereocenters. The van der Waals surface area contributed by atoms with Gasteiger partial charge >= 0.3 is 5.97 Å². The first-order valence-electron chi connectivity index (χ1n) is 8.56. The van der Waals surface area contributed by atoms with E-state index in [1.165, 1.54) is 0 Å². The predicted octanol–water partition coefficient (Wildman–Crippen LogP) is 5.68. The predicted molar refractivity (Wildman–Crippen MR) is 104 cm³/mol. The molecule has 0 bridgehead atoms. The molecule has 132 valence electrons. The maximum atomic E-state index is 12.7. The lowest BCUT2D eigenvalue weighted by molar-refractivity contribution is 0.00678. The average molecular weight is 346 g/mol. The maximum absolute atomic E-state index is 12.7. The van der Waals surface area contributed by atoms with Gasteiger partial charge in [-0.25, -0.2) is 4.79 Å². The topological polar surface area (TPSA) is 46.5 Å². The van der Waals surface area contributed by atoms with Crippen LogP contribution in [0.25, 0.3) is 22.3 Å². The van der Waals surface area contributed by atoms with Crippen LogP contribution in [0.1, 0.15) is 31.1 Å². The van der Waals surface area contributed by atoms with Gasteiger partial charge in [0.05, 0.1) is 0 Å². The van der Waals surface area contributed by atoms with Crippen LogP contribution in [0.15, 0.2) is 72.8 Å². The summed E-state index contributed by atoms with van der Waals surface area (Å²) in [4.78, 5) is 12.7. The molecule has 0 saturated carbocycles. The molecular weight excluding hydrogens is 324 g/mol. The van der Waals surface area contributed by atoms with Crippen molar-refractivity contribution in [1.29, 1.82) is 0 Å². The van der Waals surface area contributed by atoms with Crippen molar-refractivity contribution < 1.29 is 14.6 Å². The summed E-state index contributed by atoms with van der Waals surface area (Å²) in [6.45, 7) is 5.42. The number of benzene rings is 3. The lowest BCUT2D eigenvalue weighted by Crippen LogP contribution is -2.24. The Bertz CT molecular complexity index is 907. The summed E-state index contributed by atoms with van der Waals surface area (Å²) in [7, 11) is 0. The molecule has 0 aliphatic rings. The molecule has 0 heterocycles. The summed E-state index contributed by atoms with van der Waals surface area (Å²) in [5.41, 5.74) is 2.85. The lowest BCUT2D eigenvalue weighted by Gasteiger charge is -2.21. The minimum atomic E-state index is -0.643. The molecule has 0 unspecified atom stereocenters. The smallest absolute Gasteiger partial charge is 0.343 e. The van der Waals surface area contributed by atoms with Crippen LogP contribution in [0.3, 0.4) is 0 Å². The first kappa shape index (κ1) is 17.7. The molecule has 0 saturated heterocycles. The monoisotopic (exact) mass is 346 g/mol. The normalized spacial score (nSPS) is 11.2. The van der Waals surface area contributed by atoms with Crippen LogP contribution in [-0.4, -0.2) is 16.7 Å². The molecule has 0 fully saturated rings. The van der Waals surface area contributed by atoms with Gasteiger partial charge in [0.1, 0.15) is 16.9 Å². The molecule has 3 aromatic rings. The van der Waals surface area contributed by atoms with Crippen molar-refractivity contribution in [1.82, 2.24) is 0 Å². The van der Waals surface area contributed by atoms with Gasteiger partial charge in [0.15, 0.2) is 0 Å². The van der Waals surface area contributed by atoms with Crippen molar-refractivity contribution in [2.75, 3.05) is 0 Å². The molecule has 3 heteroatoms. The second kappa shape index (κ2) is 7.04. The van der Waals surface area contributed by atoms with Crippen molar-refractivity contribution >= 4 is 5.97 Å². The number of phenolic OH excluding ortho intramolecular Hbond substituents is 1. The van der Waals surface area contributed by atoms with E-state index in [0.29, 0.717) is 5.56 Å². The highest BCUT2D eigenvalue weighted by molar-refractivity contribution is 6.01. The Morgan fingerprint density at radius 1 is 0.808 bits per heavy atom. The first-order valence-corrected chi connectivity index (χ1v) is 8.56. The van der Waals surface area contributed by atoms with Gasteiger partial charge in [0.25, 0.3) is 0 Å². The number of ether oxygens (including phenoxy) is 1. The van der Waals surface area contributed by atoms with E-state index < -0.39 is 11.6 Å². The second-order valence-corrected chi connectivity index (χ2v) is 7.15. The molecule has 3 nitrogen and oxygen atoms in total. The summed E-state index contributed by atoms with van der Waals surface area (Å²) in [6, 6.07) is 22.8. The van der Waals surface area contributed by atoms with Gasteiger partial charge in [-0.05, 0) is 49.6 Å². The molecule has 0 spiro atoms. The van der Waals surface area contributed by atoms with Gasteiger partial charge in [-0.2, -0.15) is 0 Å². The fraction of sp³-hybridized carbons (Fsp3) is 0.174. The van der Waals surface area contributed by atoms with E-state index in [2.05, 4.69) is 0 Å². The zero-order valence-corrected chi connectivity index (χ0v) is 15.2.